The van der Waals surface area contributed by atoms with Crippen LogP contribution in [0.1, 0.15) is 23.0 Å². The average Bonchev–Trinajstić information content (AvgIpc) is 2.36. The molecule has 1 aromatic heterocycles. The van der Waals surface area contributed by atoms with Gasteiger partial charge in [-0.05, 0) is 6.92 Å². The predicted octanol–water partition coefficient (Wildman–Crippen LogP) is 1.62. The fourth-order valence-corrected chi connectivity index (χ4v) is 1.40. The minimum Gasteiger partial charge on any atom is -0.478 e. The first-order valence-corrected chi connectivity index (χ1v) is 5.53. The Kier molecular flexibility index (Phi) is 5.14. The lowest BCUT2D eigenvalue weighted by molar-refractivity contribution is -0.275. The smallest absolute Gasteiger partial charge is 0.478 e. The van der Waals surface area contributed by atoms with Crippen molar-refractivity contribution in [3.8, 4) is 11.6 Å². The molecule has 2 N–H and O–H groups in total. The van der Waals surface area contributed by atoms with Crippen LogP contribution in [-0.2, 0) is 11.3 Å². The van der Waals surface area contributed by atoms with Crippen LogP contribution in [0.4, 0.5) is 13.2 Å². The largest absolute Gasteiger partial charge is 0.573 e. The number of halogens is 3. The summed E-state index contributed by atoms with van der Waals surface area (Å²) in [7, 11) is 1.12. The topological polar surface area (TPSA) is 83.7 Å². The molecule has 0 aromatic carbocycles. The number of nitrogens with two attached hydrogens (primary N) is 1. The van der Waals surface area contributed by atoms with Gasteiger partial charge in [0.2, 0.25) is 0 Å². The summed E-state index contributed by atoms with van der Waals surface area (Å²) in [5.41, 5.74) is 5.25. The van der Waals surface area contributed by atoms with Gasteiger partial charge in [0.05, 0.1) is 25.0 Å². The molecule has 0 saturated heterocycles. The van der Waals surface area contributed by atoms with Crippen molar-refractivity contribution in [3.05, 3.63) is 17.3 Å². The molecule has 112 valence electrons. The summed E-state index contributed by atoms with van der Waals surface area (Å²) in [4.78, 5) is 15.4. The van der Waals surface area contributed by atoms with E-state index in [1.54, 1.807) is 6.92 Å². The second-order valence-corrected chi connectivity index (χ2v) is 3.46. The first kappa shape index (κ1) is 16.0. The van der Waals surface area contributed by atoms with E-state index in [0.717, 1.165) is 13.2 Å². The normalized spacial score (nSPS) is 11.1. The highest BCUT2D eigenvalue weighted by molar-refractivity contribution is 5.91. The Morgan fingerprint density at radius 1 is 1.45 bits per heavy atom. The third-order valence-electron chi connectivity index (χ3n) is 2.14. The fraction of sp³-hybridized carbons (Fsp3) is 0.455. The maximum Gasteiger partial charge on any atom is 0.573 e. The van der Waals surface area contributed by atoms with E-state index in [4.69, 9.17) is 10.5 Å². The van der Waals surface area contributed by atoms with Crippen LogP contribution in [0.15, 0.2) is 6.07 Å². The van der Waals surface area contributed by atoms with E-state index in [9.17, 15) is 18.0 Å². The third kappa shape index (κ3) is 3.98. The number of carbonyl (C=O) groups is 1. The Bertz CT molecular complexity index is 491. The minimum absolute atomic E-state index is 0.0508. The molecule has 0 spiro atoms. The van der Waals surface area contributed by atoms with Gasteiger partial charge in [0.1, 0.15) is 0 Å². The number of alkyl halides is 3. The molecule has 0 bridgehead atoms. The van der Waals surface area contributed by atoms with E-state index >= 15 is 0 Å². The lowest BCUT2D eigenvalue weighted by Gasteiger charge is -2.14. The van der Waals surface area contributed by atoms with Crippen LogP contribution in [0, 0.1) is 0 Å². The van der Waals surface area contributed by atoms with E-state index in [2.05, 4.69) is 14.5 Å². The van der Waals surface area contributed by atoms with Crippen LogP contribution < -0.4 is 15.2 Å². The second-order valence-electron chi connectivity index (χ2n) is 3.46. The van der Waals surface area contributed by atoms with Crippen LogP contribution >= 0.6 is 0 Å². The molecule has 0 aliphatic carbocycles. The van der Waals surface area contributed by atoms with Gasteiger partial charge >= 0.3 is 12.3 Å². The van der Waals surface area contributed by atoms with Gasteiger partial charge in [-0.2, -0.15) is 0 Å². The van der Waals surface area contributed by atoms with Crippen LogP contribution in [0.2, 0.25) is 0 Å². The molecule has 0 unspecified atom stereocenters. The molecule has 1 aromatic rings. The number of methoxy groups -OCH3 is 1. The van der Waals surface area contributed by atoms with Crippen molar-refractivity contribution < 1.29 is 32.2 Å². The van der Waals surface area contributed by atoms with Crippen LogP contribution in [0.25, 0.3) is 0 Å². The number of carbonyl (C=O) groups excluding carboxylic acids is 1. The Morgan fingerprint density at radius 3 is 2.55 bits per heavy atom. The first-order chi connectivity index (χ1) is 9.32. The zero-order valence-electron chi connectivity index (χ0n) is 10.8. The van der Waals surface area contributed by atoms with Crippen LogP contribution in [0.5, 0.6) is 11.6 Å². The third-order valence-corrected chi connectivity index (χ3v) is 2.14. The summed E-state index contributed by atoms with van der Waals surface area (Å²) in [6.45, 7) is 1.45. The zero-order valence-corrected chi connectivity index (χ0v) is 10.8. The van der Waals surface area contributed by atoms with Crippen LogP contribution in [-0.4, -0.2) is 31.0 Å². The number of hydrogen-bond donors (Lipinski definition) is 1. The van der Waals surface area contributed by atoms with Gasteiger partial charge in [-0.1, -0.05) is 0 Å². The van der Waals surface area contributed by atoms with E-state index < -0.39 is 24.0 Å². The van der Waals surface area contributed by atoms with E-state index in [1.165, 1.54) is 0 Å². The molecule has 20 heavy (non-hydrogen) atoms. The Balaban J connectivity index is 3.29. The van der Waals surface area contributed by atoms with E-state index in [0.29, 0.717) is 0 Å². The molecule has 9 heteroatoms. The van der Waals surface area contributed by atoms with Crippen molar-refractivity contribution in [3.63, 3.8) is 0 Å². The van der Waals surface area contributed by atoms with Gasteiger partial charge in [0, 0.05) is 12.6 Å². The molecule has 0 amide bonds. The Labute approximate surface area is 112 Å². The molecular weight excluding hydrogens is 281 g/mol. The van der Waals surface area contributed by atoms with Crippen molar-refractivity contribution >= 4 is 5.97 Å². The van der Waals surface area contributed by atoms with E-state index in [1.807, 2.05) is 0 Å². The molecular formula is C11H13F3N2O4. The van der Waals surface area contributed by atoms with Gasteiger partial charge in [-0.15, -0.1) is 13.2 Å². The maximum atomic E-state index is 12.3. The highest BCUT2D eigenvalue weighted by Crippen LogP contribution is 2.32. The molecule has 1 rings (SSSR count). The first-order valence-electron chi connectivity index (χ1n) is 5.53. The quantitative estimate of drug-likeness (QED) is 0.831. The van der Waals surface area contributed by atoms with E-state index in [-0.39, 0.29) is 24.4 Å². The maximum absolute atomic E-state index is 12.3. The van der Waals surface area contributed by atoms with Crippen molar-refractivity contribution in [2.24, 2.45) is 5.73 Å². The summed E-state index contributed by atoms with van der Waals surface area (Å²) < 4.78 is 50.0. The molecule has 0 aliphatic rings. The van der Waals surface area contributed by atoms with Gasteiger partial charge in [-0.25, -0.2) is 9.78 Å². The fourth-order valence-electron chi connectivity index (χ4n) is 1.40. The molecule has 0 aliphatic heterocycles. The summed E-state index contributed by atoms with van der Waals surface area (Å²) in [6, 6.07) is 0.847. The summed E-state index contributed by atoms with van der Waals surface area (Å²) >= 11 is 0. The number of pyridine rings is 1. The highest BCUT2D eigenvalue weighted by atomic mass is 19.4. The van der Waals surface area contributed by atoms with Crippen molar-refractivity contribution in [2.45, 2.75) is 19.8 Å². The van der Waals surface area contributed by atoms with Crippen molar-refractivity contribution in [1.82, 2.24) is 4.98 Å². The Hall–Kier alpha value is -2.03. The number of rotatable bonds is 5. The lowest BCUT2D eigenvalue weighted by atomic mass is 10.2. The standard InChI is InChI=1S/C11H13F3N2O4/c1-3-19-10(17)6-4-8(20-11(12,13)14)9(18-2)16-7(6)5-15/h4H,3,5,15H2,1-2H3. The number of hydrogen-bond acceptors (Lipinski definition) is 6. The molecule has 0 atom stereocenters. The molecule has 0 fully saturated rings. The van der Waals surface area contributed by atoms with Gasteiger partial charge in [0.15, 0.2) is 5.75 Å². The second kappa shape index (κ2) is 6.42. The van der Waals surface area contributed by atoms with Gasteiger partial charge < -0.3 is 19.9 Å². The summed E-state index contributed by atoms with van der Waals surface area (Å²) in [5, 5.41) is 0. The van der Waals surface area contributed by atoms with Crippen molar-refractivity contribution in [2.75, 3.05) is 13.7 Å². The van der Waals surface area contributed by atoms with Gasteiger partial charge in [0.25, 0.3) is 5.88 Å². The Morgan fingerprint density at radius 2 is 2.10 bits per heavy atom. The molecule has 0 saturated carbocycles. The molecule has 1 heterocycles. The van der Waals surface area contributed by atoms with Crippen LogP contribution in [0.3, 0.4) is 0 Å². The predicted molar refractivity (Wildman–Crippen MR) is 61.3 cm³/mol. The summed E-state index contributed by atoms with van der Waals surface area (Å²) in [5.74, 6) is -1.99. The SMILES string of the molecule is CCOC(=O)c1cc(OC(F)(F)F)c(OC)nc1CN. The number of nitrogens with zero attached hydrogens (tertiary/aromatic N) is 1. The number of aromatic nitrogens is 1. The lowest BCUT2D eigenvalue weighted by Crippen LogP contribution is -2.20. The average molecular weight is 294 g/mol. The molecule has 0 radical (unpaired) electrons. The van der Waals surface area contributed by atoms with Gasteiger partial charge in [-0.3, -0.25) is 0 Å². The van der Waals surface area contributed by atoms with Crippen molar-refractivity contribution in [1.29, 1.82) is 0 Å². The minimum atomic E-state index is -4.94. The molecule has 6 nitrogen and oxygen atoms in total. The number of esters is 1. The monoisotopic (exact) mass is 294 g/mol. The summed E-state index contributed by atoms with van der Waals surface area (Å²) in [6.07, 6.45) is -4.94. The highest BCUT2D eigenvalue weighted by Gasteiger charge is 2.34. The zero-order chi connectivity index (χ0) is 15.3. The number of ether oxygens (including phenoxy) is 3.